The zero-order chi connectivity index (χ0) is 15.3. The van der Waals surface area contributed by atoms with Crippen LogP contribution in [0.5, 0.6) is 5.75 Å². The molecule has 0 aliphatic carbocycles. The average Bonchev–Trinajstić information content (AvgIpc) is 2.76. The Kier molecular flexibility index (Phi) is 4.39. The lowest BCUT2D eigenvalue weighted by molar-refractivity contribution is 0.136. The Balaban J connectivity index is 0.00000156. The van der Waals surface area contributed by atoms with Crippen LogP contribution in [0.1, 0.15) is 31.7 Å². The maximum atomic E-state index is 12.9. The fraction of sp³-hybridized carbons (Fsp3) is 0.500. The average molecular weight is 335 g/mol. The quantitative estimate of drug-likeness (QED) is 0.845. The van der Waals surface area contributed by atoms with Gasteiger partial charge in [-0.25, -0.2) is 0 Å². The van der Waals surface area contributed by atoms with E-state index in [0.717, 1.165) is 29.4 Å². The first-order chi connectivity index (χ1) is 10.7. The van der Waals surface area contributed by atoms with E-state index in [2.05, 4.69) is 11.9 Å². The van der Waals surface area contributed by atoms with Gasteiger partial charge >= 0.3 is 0 Å². The molecule has 124 valence electrons. The molecule has 0 N–H and O–H groups in total. The third-order valence-electron chi connectivity index (χ3n) is 5.62. The third-order valence-corrected chi connectivity index (χ3v) is 5.62. The minimum atomic E-state index is 0. The molecule has 2 bridgehead atoms. The molecule has 2 unspecified atom stereocenters. The Hall–Kier alpha value is -1.52. The lowest BCUT2D eigenvalue weighted by Gasteiger charge is -2.37. The van der Waals surface area contributed by atoms with Gasteiger partial charge in [0.25, 0.3) is 5.56 Å². The summed E-state index contributed by atoms with van der Waals surface area (Å²) in [6.45, 7) is 0. The van der Waals surface area contributed by atoms with Gasteiger partial charge in [0, 0.05) is 29.7 Å². The molecule has 2 aliphatic rings. The van der Waals surface area contributed by atoms with Crippen LogP contribution in [0, 0.1) is 0 Å². The van der Waals surface area contributed by atoms with Gasteiger partial charge in [0.05, 0.1) is 12.5 Å². The molecule has 0 saturated carbocycles. The summed E-state index contributed by atoms with van der Waals surface area (Å²) in [6, 6.07) is 9.33. The van der Waals surface area contributed by atoms with Crippen LogP contribution in [-0.4, -0.2) is 35.7 Å². The third kappa shape index (κ3) is 2.54. The van der Waals surface area contributed by atoms with E-state index in [1.807, 2.05) is 35.0 Å². The Labute approximate surface area is 142 Å². The second-order valence-corrected chi connectivity index (χ2v) is 6.63. The number of hydrogen-bond donors (Lipinski definition) is 0. The molecule has 3 heterocycles. The fourth-order valence-corrected chi connectivity index (χ4v) is 4.34. The zero-order valence-corrected chi connectivity index (χ0v) is 14.4. The number of pyridine rings is 1. The maximum Gasteiger partial charge on any atom is 0.258 e. The van der Waals surface area contributed by atoms with E-state index in [4.69, 9.17) is 4.74 Å². The summed E-state index contributed by atoms with van der Waals surface area (Å²) in [6.07, 6.45) is 6.68. The Morgan fingerprint density at radius 2 is 1.74 bits per heavy atom. The van der Waals surface area contributed by atoms with E-state index >= 15 is 0 Å². The summed E-state index contributed by atoms with van der Waals surface area (Å²) in [5.74, 6) is 0.769. The summed E-state index contributed by atoms with van der Waals surface area (Å²) < 4.78 is 7.33. The van der Waals surface area contributed by atoms with E-state index in [-0.39, 0.29) is 18.0 Å². The van der Waals surface area contributed by atoms with Gasteiger partial charge in [-0.2, -0.15) is 0 Å². The van der Waals surface area contributed by atoms with Gasteiger partial charge in [-0.05, 0) is 50.9 Å². The van der Waals surface area contributed by atoms with Crippen LogP contribution in [0.2, 0.25) is 0 Å². The van der Waals surface area contributed by atoms with Crippen LogP contribution in [0.15, 0.2) is 35.3 Å². The maximum absolute atomic E-state index is 12.9. The molecule has 2 fully saturated rings. The molecule has 0 amide bonds. The Bertz CT molecular complexity index is 759. The van der Waals surface area contributed by atoms with E-state index in [1.54, 1.807) is 7.11 Å². The molecule has 23 heavy (non-hydrogen) atoms. The summed E-state index contributed by atoms with van der Waals surface area (Å²) in [5.41, 5.74) is 0.116. The number of piperidine rings is 1. The molecule has 0 spiro atoms. The Morgan fingerprint density at radius 1 is 1.04 bits per heavy atom. The van der Waals surface area contributed by atoms with Crippen LogP contribution in [0.3, 0.4) is 0 Å². The van der Waals surface area contributed by atoms with Crippen molar-refractivity contribution >= 4 is 23.2 Å². The molecule has 4 nitrogen and oxygen atoms in total. The highest BCUT2D eigenvalue weighted by Gasteiger charge is 2.39. The molecule has 1 aromatic heterocycles. The predicted molar refractivity (Wildman–Crippen MR) is 94.9 cm³/mol. The van der Waals surface area contributed by atoms with Crippen molar-refractivity contribution in [2.24, 2.45) is 0 Å². The van der Waals surface area contributed by atoms with E-state index in [0.29, 0.717) is 18.1 Å². The zero-order valence-electron chi connectivity index (χ0n) is 13.6. The van der Waals surface area contributed by atoms with Crippen LogP contribution in [-0.2, 0) is 0 Å². The molecule has 2 atom stereocenters. The van der Waals surface area contributed by atoms with Crippen molar-refractivity contribution < 1.29 is 4.74 Å². The van der Waals surface area contributed by atoms with Crippen molar-refractivity contribution in [1.82, 2.24) is 9.47 Å². The number of benzene rings is 1. The van der Waals surface area contributed by atoms with Crippen molar-refractivity contribution in [3.05, 3.63) is 40.8 Å². The fourth-order valence-electron chi connectivity index (χ4n) is 4.34. The SMILES string of the molecule is COc1cccc2c(=O)n(C3CC4CCC(C3)N4C)ccc12.Cl. The van der Waals surface area contributed by atoms with Crippen LogP contribution in [0.25, 0.3) is 10.8 Å². The molecular formula is C18H23ClN2O2. The van der Waals surface area contributed by atoms with Crippen molar-refractivity contribution in [3.63, 3.8) is 0 Å². The van der Waals surface area contributed by atoms with E-state index < -0.39 is 0 Å². The van der Waals surface area contributed by atoms with Gasteiger partial charge < -0.3 is 14.2 Å². The standard InChI is InChI=1S/C18H22N2O2.ClH/c1-19-12-6-7-13(19)11-14(10-12)20-9-8-15-16(18(20)21)4-3-5-17(15)22-2;/h3-5,8-9,12-14H,6-7,10-11H2,1-2H3;1H. The largest absolute Gasteiger partial charge is 0.496 e. The molecular weight excluding hydrogens is 312 g/mol. The second-order valence-electron chi connectivity index (χ2n) is 6.63. The Morgan fingerprint density at radius 3 is 2.39 bits per heavy atom. The van der Waals surface area contributed by atoms with Gasteiger partial charge in [0.15, 0.2) is 0 Å². The number of fused-ring (bicyclic) bond motifs is 3. The summed E-state index contributed by atoms with van der Waals surface area (Å²) in [7, 11) is 3.88. The van der Waals surface area contributed by atoms with Crippen LogP contribution < -0.4 is 10.3 Å². The lowest BCUT2D eigenvalue weighted by atomic mass is 9.97. The number of ether oxygens (including phenoxy) is 1. The normalized spacial score (nSPS) is 27.0. The minimum absolute atomic E-state index is 0. The highest BCUT2D eigenvalue weighted by atomic mass is 35.5. The molecule has 1 aromatic carbocycles. The monoisotopic (exact) mass is 334 g/mol. The molecule has 4 rings (SSSR count). The van der Waals surface area contributed by atoms with Gasteiger partial charge in [-0.3, -0.25) is 4.79 Å². The highest BCUT2D eigenvalue weighted by molar-refractivity contribution is 5.87. The number of rotatable bonds is 2. The molecule has 2 saturated heterocycles. The van der Waals surface area contributed by atoms with Gasteiger partial charge in [-0.1, -0.05) is 6.07 Å². The van der Waals surface area contributed by atoms with E-state index in [1.165, 1.54) is 12.8 Å². The van der Waals surface area contributed by atoms with Crippen LogP contribution >= 0.6 is 12.4 Å². The summed E-state index contributed by atoms with van der Waals surface area (Å²) in [4.78, 5) is 15.4. The number of methoxy groups -OCH3 is 1. The minimum Gasteiger partial charge on any atom is -0.496 e. The van der Waals surface area contributed by atoms with Crippen molar-refractivity contribution in [1.29, 1.82) is 0 Å². The van der Waals surface area contributed by atoms with Crippen molar-refractivity contribution in [2.75, 3.05) is 14.2 Å². The molecule has 2 aromatic rings. The first-order valence-electron chi connectivity index (χ1n) is 8.09. The number of aromatic nitrogens is 1. The second kappa shape index (κ2) is 6.17. The summed E-state index contributed by atoms with van der Waals surface area (Å²) >= 11 is 0. The number of nitrogens with zero attached hydrogens (tertiary/aromatic N) is 2. The lowest BCUT2D eigenvalue weighted by Crippen LogP contribution is -2.42. The van der Waals surface area contributed by atoms with Gasteiger partial charge in [0.1, 0.15) is 5.75 Å². The van der Waals surface area contributed by atoms with Gasteiger partial charge in [0.2, 0.25) is 0 Å². The summed E-state index contributed by atoms with van der Waals surface area (Å²) in [5, 5.41) is 1.66. The molecule has 0 radical (unpaired) electrons. The molecule has 5 heteroatoms. The van der Waals surface area contributed by atoms with Crippen LogP contribution in [0.4, 0.5) is 0 Å². The topological polar surface area (TPSA) is 34.5 Å². The first-order valence-corrected chi connectivity index (χ1v) is 8.09. The highest BCUT2D eigenvalue weighted by Crippen LogP contribution is 2.39. The molecule has 2 aliphatic heterocycles. The predicted octanol–water partition coefficient (Wildman–Crippen LogP) is 3.23. The van der Waals surface area contributed by atoms with Crippen molar-refractivity contribution in [3.8, 4) is 5.75 Å². The van der Waals surface area contributed by atoms with Crippen molar-refractivity contribution in [2.45, 2.75) is 43.8 Å². The number of hydrogen-bond acceptors (Lipinski definition) is 3. The van der Waals surface area contributed by atoms with Gasteiger partial charge in [-0.15, -0.1) is 12.4 Å². The first kappa shape index (κ1) is 16.3. The number of halogens is 1. The smallest absolute Gasteiger partial charge is 0.258 e. The van der Waals surface area contributed by atoms with E-state index in [9.17, 15) is 4.79 Å².